The van der Waals surface area contributed by atoms with E-state index in [4.69, 9.17) is 4.74 Å². The summed E-state index contributed by atoms with van der Waals surface area (Å²) in [6, 6.07) is 3.54. The fourth-order valence-corrected chi connectivity index (χ4v) is 4.91. The first kappa shape index (κ1) is 23.6. The number of fused-ring (bicyclic) bond motifs is 3. The van der Waals surface area contributed by atoms with Crippen LogP contribution in [-0.2, 0) is 26.9 Å². The molecule has 7 nitrogen and oxygen atoms in total. The van der Waals surface area contributed by atoms with Crippen LogP contribution in [-0.4, -0.2) is 86.7 Å². The smallest absolute Gasteiger partial charge is 0.378 e. The number of anilines is 1. The second kappa shape index (κ2) is 9.72. The molecule has 180 valence electrons. The lowest BCUT2D eigenvalue weighted by atomic mass is 9.82. The minimum Gasteiger partial charge on any atom is -0.378 e. The van der Waals surface area contributed by atoms with E-state index in [9.17, 15) is 22.8 Å². The number of ether oxygens (including phenoxy) is 1. The summed E-state index contributed by atoms with van der Waals surface area (Å²) in [5, 5.41) is 2.80. The van der Waals surface area contributed by atoms with Crippen LogP contribution >= 0.6 is 0 Å². The lowest BCUT2D eigenvalue weighted by Gasteiger charge is -2.49. The van der Waals surface area contributed by atoms with Crippen molar-refractivity contribution in [2.75, 3.05) is 63.9 Å². The van der Waals surface area contributed by atoms with Gasteiger partial charge in [0.05, 0.1) is 37.3 Å². The van der Waals surface area contributed by atoms with Gasteiger partial charge in [0.2, 0.25) is 11.8 Å². The number of halogens is 3. The molecule has 2 atom stereocenters. The van der Waals surface area contributed by atoms with E-state index in [1.165, 1.54) is 6.07 Å². The number of morpholine rings is 1. The van der Waals surface area contributed by atoms with Crippen molar-refractivity contribution < 1.29 is 27.5 Å². The van der Waals surface area contributed by atoms with Crippen LogP contribution in [0.1, 0.15) is 11.1 Å². The molecule has 10 heteroatoms. The number of nitrogens with zero attached hydrogens (tertiary/aromatic N) is 3. The summed E-state index contributed by atoms with van der Waals surface area (Å²) in [4.78, 5) is 31.6. The first-order valence-electron chi connectivity index (χ1n) is 11.2. The van der Waals surface area contributed by atoms with Crippen molar-refractivity contribution in [3.05, 3.63) is 42.0 Å². The predicted molar refractivity (Wildman–Crippen MR) is 117 cm³/mol. The zero-order chi connectivity index (χ0) is 23.6. The predicted octanol–water partition coefficient (Wildman–Crippen LogP) is 1.53. The van der Waals surface area contributed by atoms with Gasteiger partial charge in [0.25, 0.3) is 0 Å². The highest BCUT2D eigenvalue weighted by Gasteiger charge is 2.43. The van der Waals surface area contributed by atoms with Crippen LogP contribution in [0.4, 0.5) is 18.9 Å². The van der Waals surface area contributed by atoms with Gasteiger partial charge in [-0.25, -0.2) is 0 Å². The Morgan fingerprint density at radius 2 is 1.94 bits per heavy atom. The van der Waals surface area contributed by atoms with Crippen molar-refractivity contribution in [3.63, 3.8) is 0 Å². The summed E-state index contributed by atoms with van der Waals surface area (Å²) in [5.41, 5.74) is 0.553. The van der Waals surface area contributed by atoms with Crippen LogP contribution in [0.5, 0.6) is 0 Å². The fourth-order valence-electron chi connectivity index (χ4n) is 4.91. The Kier molecular flexibility index (Phi) is 6.94. The highest BCUT2D eigenvalue weighted by atomic mass is 19.4. The third-order valence-electron chi connectivity index (χ3n) is 6.60. The minimum absolute atomic E-state index is 0.0328. The first-order valence-corrected chi connectivity index (χ1v) is 11.2. The van der Waals surface area contributed by atoms with Crippen molar-refractivity contribution in [1.29, 1.82) is 0 Å². The molecule has 0 unspecified atom stereocenters. The normalized spacial score (nSPS) is 23.5. The Hall–Kier alpha value is -2.59. The number of piperazine rings is 1. The average molecular weight is 467 g/mol. The lowest BCUT2D eigenvalue weighted by molar-refractivity contribution is -0.138. The molecular formula is C23H29F3N4O3. The zero-order valence-corrected chi connectivity index (χ0v) is 18.4. The van der Waals surface area contributed by atoms with Gasteiger partial charge >= 0.3 is 6.18 Å². The topological polar surface area (TPSA) is 65.1 Å². The van der Waals surface area contributed by atoms with Crippen LogP contribution in [0.15, 0.2) is 30.9 Å². The van der Waals surface area contributed by atoms with Crippen molar-refractivity contribution in [2.45, 2.75) is 18.6 Å². The van der Waals surface area contributed by atoms with Gasteiger partial charge in [-0.2, -0.15) is 13.2 Å². The van der Waals surface area contributed by atoms with Gasteiger partial charge in [-0.3, -0.25) is 14.5 Å². The molecule has 3 aliphatic rings. The van der Waals surface area contributed by atoms with E-state index in [1.54, 1.807) is 11.0 Å². The molecule has 3 aliphatic heterocycles. The van der Waals surface area contributed by atoms with Crippen LogP contribution in [0.2, 0.25) is 0 Å². The molecule has 2 fully saturated rings. The number of carbonyl (C=O) groups excluding carboxylic acids is 2. The monoisotopic (exact) mass is 466 g/mol. The Bertz CT molecular complexity index is 901. The summed E-state index contributed by atoms with van der Waals surface area (Å²) in [5.74, 6) is -0.707. The number of alkyl halides is 3. The van der Waals surface area contributed by atoms with Crippen LogP contribution in [0.3, 0.4) is 0 Å². The zero-order valence-electron chi connectivity index (χ0n) is 18.4. The molecule has 0 bridgehead atoms. The number of hydrogen-bond acceptors (Lipinski definition) is 5. The maximum Gasteiger partial charge on any atom is 0.416 e. The lowest BCUT2D eigenvalue weighted by Crippen LogP contribution is -2.62. The summed E-state index contributed by atoms with van der Waals surface area (Å²) in [6.45, 7) is 7.98. The van der Waals surface area contributed by atoms with Gasteiger partial charge in [-0.05, 0) is 30.2 Å². The number of rotatable bonds is 5. The van der Waals surface area contributed by atoms with Crippen molar-refractivity contribution in [1.82, 2.24) is 15.1 Å². The number of benzene rings is 1. The fraction of sp³-hybridized carbons (Fsp3) is 0.565. The van der Waals surface area contributed by atoms with E-state index in [1.807, 2.05) is 9.80 Å². The van der Waals surface area contributed by atoms with Gasteiger partial charge in [0.15, 0.2) is 0 Å². The standard InChI is InChI=1S/C23H29F3N4O3/c1-2-5-27-22(32)18-13-16-12-17(23(24,25)26)3-4-19(16)30-7-6-28(14-20(18)30)15-21(31)29-8-10-33-11-9-29/h2-4,12,18,20H,1,5-11,13-15H2,(H,27,32)/t18-,20+/m0/s1. The van der Waals surface area contributed by atoms with E-state index in [2.05, 4.69) is 11.9 Å². The van der Waals surface area contributed by atoms with Crippen molar-refractivity contribution in [2.24, 2.45) is 5.92 Å². The maximum absolute atomic E-state index is 13.3. The Labute approximate surface area is 191 Å². The number of carbonyl (C=O) groups is 2. The van der Waals surface area contributed by atoms with E-state index in [-0.39, 0.29) is 37.4 Å². The average Bonchev–Trinajstić information content (AvgIpc) is 2.81. The molecule has 0 aliphatic carbocycles. The van der Waals surface area contributed by atoms with Crippen LogP contribution in [0, 0.1) is 5.92 Å². The Morgan fingerprint density at radius 1 is 1.18 bits per heavy atom. The molecule has 0 saturated carbocycles. The Morgan fingerprint density at radius 3 is 2.64 bits per heavy atom. The molecule has 2 saturated heterocycles. The third-order valence-corrected chi connectivity index (χ3v) is 6.60. The SMILES string of the molecule is C=CCNC(=O)[C@H]1Cc2cc(C(F)(F)F)ccc2N2CCN(CC(=O)N3CCOCC3)C[C@H]12. The molecule has 3 heterocycles. The van der Waals surface area contributed by atoms with Gasteiger partial charge in [0, 0.05) is 45.0 Å². The molecule has 0 radical (unpaired) electrons. The number of nitrogens with one attached hydrogen (secondary N) is 1. The summed E-state index contributed by atoms with van der Waals surface area (Å²) >= 11 is 0. The van der Waals surface area contributed by atoms with Crippen LogP contribution < -0.4 is 10.2 Å². The molecule has 1 aromatic rings. The van der Waals surface area contributed by atoms with E-state index in [0.717, 1.165) is 17.8 Å². The molecule has 0 spiro atoms. The highest BCUT2D eigenvalue weighted by molar-refractivity contribution is 5.82. The third kappa shape index (κ3) is 5.16. The highest BCUT2D eigenvalue weighted by Crippen LogP contribution is 2.39. The number of hydrogen-bond donors (Lipinski definition) is 1. The second-order valence-corrected chi connectivity index (χ2v) is 8.67. The molecular weight excluding hydrogens is 437 g/mol. The van der Waals surface area contributed by atoms with Crippen molar-refractivity contribution in [3.8, 4) is 0 Å². The minimum atomic E-state index is -4.44. The second-order valence-electron chi connectivity index (χ2n) is 8.67. The molecule has 2 amide bonds. The van der Waals surface area contributed by atoms with Gasteiger partial charge in [0.1, 0.15) is 0 Å². The van der Waals surface area contributed by atoms with E-state index >= 15 is 0 Å². The summed E-state index contributed by atoms with van der Waals surface area (Å²) in [6.07, 6.45) is -2.65. The molecule has 4 rings (SSSR count). The van der Waals surface area contributed by atoms with Gasteiger partial charge in [-0.15, -0.1) is 6.58 Å². The largest absolute Gasteiger partial charge is 0.416 e. The molecule has 0 aromatic heterocycles. The van der Waals surface area contributed by atoms with Crippen LogP contribution in [0.25, 0.3) is 0 Å². The maximum atomic E-state index is 13.3. The molecule has 33 heavy (non-hydrogen) atoms. The van der Waals surface area contributed by atoms with Gasteiger partial charge < -0.3 is 19.9 Å². The quantitative estimate of drug-likeness (QED) is 0.667. The summed E-state index contributed by atoms with van der Waals surface area (Å²) in [7, 11) is 0. The number of amides is 2. The van der Waals surface area contributed by atoms with Gasteiger partial charge in [-0.1, -0.05) is 6.08 Å². The molecule has 1 N–H and O–H groups in total. The van der Waals surface area contributed by atoms with Crippen molar-refractivity contribution >= 4 is 17.5 Å². The van der Waals surface area contributed by atoms with E-state index < -0.39 is 17.7 Å². The first-order chi connectivity index (χ1) is 15.8. The Balaban J connectivity index is 1.55. The van der Waals surface area contributed by atoms with E-state index in [0.29, 0.717) is 51.5 Å². The summed E-state index contributed by atoms with van der Waals surface area (Å²) < 4.78 is 45.2. The molecule has 1 aromatic carbocycles.